The molecule has 0 aromatic heterocycles. The number of piperidine rings is 2. The van der Waals surface area contributed by atoms with Crippen molar-refractivity contribution in [1.82, 2.24) is 14.5 Å². The van der Waals surface area contributed by atoms with Gasteiger partial charge in [-0.25, -0.2) is 12.7 Å². The molecule has 21 heavy (non-hydrogen) atoms. The molecule has 3 aliphatic heterocycles. The molecule has 0 amide bonds. The minimum atomic E-state index is -3.00. The van der Waals surface area contributed by atoms with Crippen molar-refractivity contribution in [3.05, 3.63) is 0 Å². The summed E-state index contributed by atoms with van der Waals surface area (Å²) in [6.45, 7) is 7.10. The lowest BCUT2D eigenvalue weighted by molar-refractivity contribution is 0.190. The van der Waals surface area contributed by atoms with E-state index in [-0.39, 0.29) is 0 Å². The third kappa shape index (κ3) is 3.60. The summed E-state index contributed by atoms with van der Waals surface area (Å²) in [6.07, 6.45) is 5.24. The summed E-state index contributed by atoms with van der Waals surface area (Å²) in [5.41, 5.74) is 0. The van der Waals surface area contributed by atoms with Crippen LogP contribution in [-0.2, 0) is 10.0 Å². The normalized spacial score (nSPS) is 35.2. The number of nitrogens with one attached hydrogen (secondary N) is 1. The van der Waals surface area contributed by atoms with Crippen LogP contribution >= 0.6 is 0 Å². The van der Waals surface area contributed by atoms with Crippen LogP contribution in [0.15, 0.2) is 0 Å². The lowest BCUT2D eigenvalue weighted by Crippen LogP contribution is -2.52. The number of fused-ring (bicyclic) bond motifs is 2. The summed E-state index contributed by atoms with van der Waals surface area (Å²) in [4.78, 5) is 2.57. The van der Waals surface area contributed by atoms with Crippen LogP contribution in [0.2, 0.25) is 0 Å². The van der Waals surface area contributed by atoms with E-state index < -0.39 is 10.0 Å². The topological polar surface area (TPSA) is 52.7 Å². The van der Waals surface area contributed by atoms with E-state index in [2.05, 4.69) is 10.2 Å². The molecule has 3 aliphatic rings. The van der Waals surface area contributed by atoms with Crippen LogP contribution in [-0.4, -0.2) is 68.2 Å². The highest BCUT2D eigenvalue weighted by molar-refractivity contribution is 7.89. The standard InChI is InChI=1S/C15H29N3O2S/c1-2-11-21(19,20)18-9-4-14(5-10-18)16-15-6-8-17-7-3-13(15)12-17/h13-16H,2-12H2,1H3. The van der Waals surface area contributed by atoms with Crippen molar-refractivity contribution < 1.29 is 8.42 Å². The maximum Gasteiger partial charge on any atom is 0.214 e. The molecule has 122 valence electrons. The highest BCUT2D eigenvalue weighted by atomic mass is 32.2. The quantitative estimate of drug-likeness (QED) is 0.818. The SMILES string of the molecule is CCCS(=O)(=O)N1CCC(NC2CCN3CCC2C3)CC1. The lowest BCUT2D eigenvalue weighted by Gasteiger charge is -2.37. The zero-order chi connectivity index (χ0) is 14.9. The van der Waals surface area contributed by atoms with Crippen molar-refractivity contribution in [2.75, 3.05) is 38.5 Å². The molecule has 0 aliphatic carbocycles. The number of hydrogen-bond donors (Lipinski definition) is 1. The van der Waals surface area contributed by atoms with Crippen molar-refractivity contribution in [1.29, 1.82) is 0 Å². The molecule has 2 bridgehead atoms. The molecule has 3 unspecified atom stereocenters. The second-order valence-corrected chi connectivity index (χ2v) is 8.99. The van der Waals surface area contributed by atoms with E-state index in [1.807, 2.05) is 6.92 Å². The maximum atomic E-state index is 12.1. The van der Waals surface area contributed by atoms with Crippen LogP contribution in [0.25, 0.3) is 0 Å². The Morgan fingerprint density at radius 2 is 1.76 bits per heavy atom. The van der Waals surface area contributed by atoms with Gasteiger partial charge in [0.2, 0.25) is 10.0 Å². The average molecular weight is 315 g/mol. The fourth-order valence-corrected chi connectivity index (χ4v) is 5.70. The van der Waals surface area contributed by atoms with Crippen LogP contribution in [0, 0.1) is 5.92 Å². The van der Waals surface area contributed by atoms with Gasteiger partial charge >= 0.3 is 0 Å². The zero-order valence-electron chi connectivity index (χ0n) is 13.1. The third-order valence-corrected chi connectivity index (χ3v) is 7.47. The largest absolute Gasteiger partial charge is 0.311 e. The van der Waals surface area contributed by atoms with E-state index in [9.17, 15) is 8.42 Å². The number of nitrogens with zero attached hydrogens (tertiary/aromatic N) is 2. The lowest BCUT2D eigenvalue weighted by atomic mass is 9.92. The molecule has 3 saturated heterocycles. The molecule has 3 heterocycles. The molecule has 0 spiro atoms. The summed E-state index contributed by atoms with van der Waals surface area (Å²) in [5, 5.41) is 3.84. The van der Waals surface area contributed by atoms with Crippen LogP contribution in [0.5, 0.6) is 0 Å². The minimum absolute atomic E-state index is 0.297. The van der Waals surface area contributed by atoms with Gasteiger partial charge in [0.25, 0.3) is 0 Å². The Bertz CT molecular complexity index is 446. The van der Waals surface area contributed by atoms with Gasteiger partial charge in [-0.05, 0) is 51.1 Å². The molecule has 3 rings (SSSR count). The van der Waals surface area contributed by atoms with Crippen molar-refractivity contribution in [3.63, 3.8) is 0 Å². The van der Waals surface area contributed by atoms with Crippen molar-refractivity contribution in [2.45, 2.75) is 51.1 Å². The molecule has 0 radical (unpaired) electrons. The number of rotatable bonds is 5. The van der Waals surface area contributed by atoms with Gasteiger partial charge in [0.05, 0.1) is 5.75 Å². The van der Waals surface area contributed by atoms with Gasteiger partial charge < -0.3 is 10.2 Å². The number of sulfonamides is 1. The van der Waals surface area contributed by atoms with E-state index in [4.69, 9.17) is 0 Å². The zero-order valence-corrected chi connectivity index (χ0v) is 13.9. The maximum absolute atomic E-state index is 12.1. The smallest absolute Gasteiger partial charge is 0.214 e. The van der Waals surface area contributed by atoms with Gasteiger partial charge in [0.1, 0.15) is 0 Å². The highest BCUT2D eigenvalue weighted by Gasteiger charge is 2.36. The first-order chi connectivity index (χ1) is 10.1. The second kappa shape index (κ2) is 6.52. The predicted octanol–water partition coefficient (Wildman–Crippen LogP) is 0.874. The van der Waals surface area contributed by atoms with Crippen LogP contribution in [0.1, 0.15) is 39.0 Å². The van der Waals surface area contributed by atoms with Gasteiger partial charge in [0.15, 0.2) is 0 Å². The van der Waals surface area contributed by atoms with Gasteiger partial charge in [0, 0.05) is 31.7 Å². The molecule has 5 nitrogen and oxygen atoms in total. The molecule has 6 heteroatoms. The van der Waals surface area contributed by atoms with E-state index in [1.165, 1.54) is 32.5 Å². The van der Waals surface area contributed by atoms with Crippen LogP contribution in [0.4, 0.5) is 0 Å². The second-order valence-electron chi connectivity index (χ2n) is 6.90. The summed E-state index contributed by atoms with van der Waals surface area (Å²) >= 11 is 0. The molecule has 0 aromatic rings. The Hall–Kier alpha value is -0.170. The van der Waals surface area contributed by atoms with E-state index in [1.54, 1.807) is 4.31 Å². The molecule has 0 saturated carbocycles. The first-order valence-electron chi connectivity index (χ1n) is 8.54. The Balaban J connectivity index is 1.48. The summed E-state index contributed by atoms with van der Waals surface area (Å²) < 4.78 is 25.9. The van der Waals surface area contributed by atoms with Gasteiger partial charge in [-0.2, -0.15) is 0 Å². The molecule has 3 fully saturated rings. The summed E-state index contributed by atoms with van der Waals surface area (Å²) in [6, 6.07) is 1.17. The van der Waals surface area contributed by atoms with E-state index in [0.717, 1.165) is 18.8 Å². The molecule has 0 aromatic carbocycles. The Labute approximate surface area is 129 Å². The van der Waals surface area contributed by atoms with Crippen LogP contribution < -0.4 is 5.32 Å². The third-order valence-electron chi connectivity index (χ3n) is 5.39. The minimum Gasteiger partial charge on any atom is -0.311 e. The highest BCUT2D eigenvalue weighted by Crippen LogP contribution is 2.28. The first-order valence-corrected chi connectivity index (χ1v) is 10.2. The van der Waals surface area contributed by atoms with Gasteiger partial charge in [-0.1, -0.05) is 6.92 Å². The number of hydrogen-bond acceptors (Lipinski definition) is 4. The Kier molecular flexibility index (Phi) is 4.88. The van der Waals surface area contributed by atoms with Crippen molar-refractivity contribution >= 4 is 10.0 Å². The fourth-order valence-electron chi connectivity index (χ4n) is 4.16. The Morgan fingerprint density at radius 3 is 2.48 bits per heavy atom. The van der Waals surface area contributed by atoms with Gasteiger partial charge in [-0.3, -0.25) is 0 Å². The first kappa shape index (κ1) is 15.7. The van der Waals surface area contributed by atoms with Crippen LogP contribution in [0.3, 0.4) is 0 Å². The van der Waals surface area contributed by atoms with Crippen molar-refractivity contribution in [3.8, 4) is 0 Å². The van der Waals surface area contributed by atoms with Crippen molar-refractivity contribution in [2.24, 2.45) is 5.92 Å². The average Bonchev–Trinajstić information content (AvgIpc) is 2.85. The Morgan fingerprint density at radius 1 is 1.05 bits per heavy atom. The molecule has 3 atom stereocenters. The molecular formula is C15H29N3O2S. The van der Waals surface area contributed by atoms with E-state index in [0.29, 0.717) is 37.3 Å². The molecule has 1 N–H and O–H groups in total. The predicted molar refractivity (Wildman–Crippen MR) is 84.8 cm³/mol. The van der Waals surface area contributed by atoms with Gasteiger partial charge in [-0.15, -0.1) is 0 Å². The monoisotopic (exact) mass is 315 g/mol. The summed E-state index contributed by atoms with van der Waals surface area (Å²) in [5.74, 6) is 1.12. The fraction of sp³-hybridized carbons (Fsp3) is 1.00. The summed E-state index contributed by atoms with van der Waals surface area (Å²) in [7, 11) is -3.00. The molecular weight excluding hydrogens is 286 g/mol. The van der Waals surface area contributed by atoms with E-state index >= 15 is 0 Å².